The van der Waals surface area contributed by atoms with Gasteiger partial charge in [0.1, 0.15) is 22.7 Å². The molecule has 1 N–H and O–H groups in total. The topological polar surface area (TPSA) is 64.1 Å². The number of aromatic nitrogens is 3. The van der Waals surface area contributed by atoms with Gasteiger partial charge in [-0.15, -0.1) is 23.8 Å². The first-order chi connectivity index (χ1) is 27.8. The van der Waals surface area contributed by atoms with Crippen LogP contribution in [-0.4, -0.2) is 19.6 Å². The number of furan rings is 1. The Hall–Kier alpha value is -6.55. The molecule has 0 amide bonds. The van der Waals surface area contributed by atoms with E-state index in [1.165, 1.54) is 5.56 Å². The molecule has 7 aromatic carbocycles. The van der Waals surface area contributed by atoms with E-state index in [0.29, 0.717) is 11.4 Å². The Morgan fingerprint density at radius 1 is 0.603 bits per heavy atom. The van der Waals surface area contributed by atoms with Crippen molar-refractivity contribution in [2.24, 2.45) is 0 Å². The van der Waals surface area contributed by atoms with Crippen LogP contribution in [0.25, 0.3) is 94.7 Å². The number of pyridine rings is 1. The van der Waals surface area contributed by atoms with E-state index in [-0.39, 0.29) is 32.2 Å². The number of rotatable bonds is 6. The third kappa shape index (κ3) is 6.42. The van der Waals surface area contributed by atoms with Crippen molar-refractivity contribution in [3.8, 4) is 67.5 Å². The number of phenols is 1. The number of fused-ring (bicyclic) bond motifs is 4. The fraction of sp³-hybridized carbons (Fsp3) is 0.0769. The molecule has 5 nitrogen and oxygen atoms in total. The van der Waals surface area contributed by atoms with Gasteiger partial charge in [-0.05, 0) is 64.6 Å². The van der Waals surface area contributed by atoms with Crippen LogP contribution >= 0.6 is 0 Å². The maximum atomic E-state index is 11.4. The molecule has 0 aliphatic rings. The van der Waals surface area contributed by atoms with Crippen LogP contribution in [0.4, 0.5) is 0 Å². The largest absolute Gasteiger partial charge is 0.507 e. The second-order valence-corrected chi connectivity index (χ2v) is 15.5. The van der Waals surface area contributed by atoms with Gasteiger partial charge < -0.3 is 9.52 Å². The molecule has 58 heavy (non-hydrogen) atoms. The summed E-state index contributed by atoms with van der Waals surface area (Å²) in [5, 5.41) is 13.4. The molecule has 0 saturated carbocycles. The van der Waals surface area contributed by atoms with Crippen molar-refractivity contribution < 1.29 is 30.6 Å². The predicted octanol–water partition coefficient (Wildman–Crippen LogP) is 13.5. The van der Waals surface area contributed by atoms with Crippen molar-refractivity contribution in [2.75, 3.05) is 0 Å². The van der Waals surface area contributed by atoms with Gasteiger partial charge in [0, 0.05) is 49.3 Å². The summed E-state index contributed by atoms with van der Waals surface area (Å²) in [6.07, 6.45) is 1.85. The number of aromatic hydroxyl groups is 1. The first-order valence-corrected chi connectivity index (χ1v) is 19.2. The minimum atomic E-state index is -0.0639. The van der Waals surface area contributed by atoms with E-state index in [9.17, 15) is 5.11 Å². The first kappa shape index (κ1) is 37.0. The van der Waals surface area contributed by atoms with E-state index in [2.05, 4.69) is 135 Å². The molecule has 284 valence electrons. The molecule has 0 bridgehead atoms. The molecule has 0 radical (unpaired) electrons. The third-order valence-electron chi connectivity index (χ3n) is 10.8. The van der Waals surface area contributed by atoms with Crippen LogP contribution in [0.3, 0.4) is 0 Å². The van der Waals surface area contributed by atoms with E-state index in [0.717, 1.165) is 83.3 Å². The molecular formula is C52H38N3O2Pt-. The normalized spacial score (nSPS) is 11.6. The first-order valence-electron chi connectivity index (χ1n) is 19.2. The van der Waals surface area contributed by atoms with E-state index in [1.807, 2.05) is 60.8 Å². The van der Waals surface area contributed by atoms with E-state index in [1.54, 1.807) is 6.07 Å². The quantitative estimate of drug-likeness (QED) is 0.169. The third-order valence-corrected chi connectivity index (χ3v) is 10.8. The van der Waals surface area contributed by atoms with Crippen molar-refractivity contribution in [1.82, 2.24) is 14.5 Å². The zero-order valence-corrected chi connectivity index (χ0v) is 34.5. The minimum Gasteiger partial charge on any atom is -0.507 e. The Balaban J connectivity index is 0.00000436. The van der Waals surface area contributed by atoms with Crippen LogP contribution in [-0.2, 0) is 26.5 Å². The van der Waals surface area contributed by atoms with Crippen LogP contribution in [0.1, 0.15) is 26.3 Å². The Kier molecular flexibility index (Phi) is 9.42. The maximum Gasteiger partial charge on any atom is 0.148 e. The monoisotopic (exact) mass is 931 g/mol. The van der Waals surface area contributed by atoms with Crippen LogP contribution in [0.5, 0.6) is 5.75 Å². The molecule has 0 atom stereocenters. The summed E-state index contributed by atoms with van der Waals surface area (Å²) in [5.41, 5.74) is 13.6. The zero-order valence-electron chi connectivity index (χ0n) is 32.2. The maximum absolute atomic E-state index is 11.4. The molecule has 3 aromatic heterocycles. The zero-order chi connectivity index (χ0) is 38.7. The van der Waals surface area contributed by atoms with Gasteiger partial charge in [-0.3, -0.25) is 9.55 Å². The van der Waals surface area contributed by atoms with Crippen molar-refractivity contribution in [3.05, 3.63) is 182 Å². The number of nitrogens with zero attached hydrogens (tertiary/aromatic N) is 3. The van der Waals surface area contributed by atoms with Crippen LogP contribution in [0, 0.1) is 6.07 Å². The van der Waals surface area contributed by atoms with Crippen molar-refractivity contribution in [1.29, 1.82) is 0 Å². The predicted molar refractivity (Wildman–Crippen MR) is 233 cm³/mol. The van der Waals surface area contributed by atoms with Gasteiger partial charge in [0.25, 0.3) is 0 Å². The number of benzene rings is 7. The number of phenolic OH excluding ortho intramolecular Hbond substituents is 1. The van der Waals surface area contributed by atoms with Crippen molar-refractivity contribution >= 4 is 33.0 Å². The average molecular weight is 932 g/mol. The van der Waals surface area contributed by atoms with Gasteiger partial charge in [-0.1, -0.05) is 147 Å². The summed E-state index contributed by atoms with van der Waals surface area (Å²) in [4.78, 5) is 10.3. The molecule has 0 unspecified atom stereocenters. The Bertz CT molecular complexity index is 3120. The molecule has 6 heteroatoms. The number of para-hydroxylation sites is 3. The minimum absolute atomic E-state index is 0. The molecule has 3 heterocycles. The summed E-state index contributed by atoms with van der Waals surface area (Å²) < 4.78 is 8.68. The Morgan fingerprint density at radius 2 is 1.29 bits per heavy atom. The molecule has 10 rings (SSSR count). The van der Waals surface area contributed by atoms with Crippen LogP contribution in [0.2, 0.25) is 0 Å². The summed E-state index contributed by atoms with van der Waals surface area (Å²) in [5.74, 6) is 0.803. The van der Waals surface area contributed by atoms with Gasteiger partial charge in [-0.25, -0.2) is 4.98 Å². The van der Waals surface area contributed by atoms with E-state index < -0.39 is 0 Å². The molecule has 0 aliphatic carbocycles. The molecule has 0 aliphatic heterocycles. The van der Waals surface area contributed by atoms with Crippen LogP contribution in [0.15, 0.2) is 174 Å². The summed E-state index contributed by atoms with van der Waals surface area (Å²) in [7, 11) is 0. The average Bonchev–Trinajstić information content (AvgIpc) is 3.83. The Morgan fingerprint density at radius 3 is 2.07 bits per heavy atom. The molecular weight excluding hydrogens is 894 g/mol. The fourth-order valence-corrected chi connectivity index (χ4v) is 7.93. The SMILES string of the molecule is CC(C)(C)c1ccc(-n2c(-c3ccccc3O)nc3c(-c4[c-]c(-c5nccc6c5oc5ccccc56)cc(-c5ccccc5)c4)cccc32)c(-c2ccccc2)c1.[Pt]. The van der Waals surface area contributed by atoms with E-state index in [4.69, 9.17) is 14.4 Å². The van der Waals surface area contributed by atoms with Gasteiger partial charge in [-0.2, -0.15) is 0 Å². The number of hydrogen-bond acceptors (Lipinski definition) is 4. The van der Waals surface area contributed by atoms with Gasteiger partial charge in [0.15, 0.2) is 0 Å². The van der Waals surface area contributed by atoms with Crippen LogP contribution < -0.4 is 0 Å². The second kappa shape index (κ2) is 14.8. The standard InChI is InChI=1S/C52H38N3O2.Pt/c1-52(2,3)38-25-26-44(43(32-38)34-17-8-5-9-18-34)55-45-22-14-21-39(49(45)54-51(55)42-20-10-12-23-46(42)56)36-29-35(33-15-6-4-7-16-33)30-37(31-36)48-50-41(27-28-53-48)40-19-11-13-24-47(40)57-50;/h4-30,32,56H,1-3H3;/q-1;. The van der Waals surface area contributed by atoms with Gasteiger partial charge in [0.2, 0.25) is 0 Å². The smallest absolute Gasteiger partial charge is 0.148 e. The number of hydrogen-bond donors (Lipinski definition) is 1. The van der Waals surface area contributed by atoms with E-state index >= 15 is 0 Å². The Labute approximate surface area is 351 Å². The molecule has 0 spiro atoms. The molecule has 0 saturated heterocycles. The summed E-state index contributed by atoms with van der Waals surface area (Å²) in [6.45, 7) is 6.71. The molecule has 0 fully saturated rings. The summed E-state index contributed by atoms with van der Waals surface area (Å²) >= 11 is 0. The van der Waals surface area contributed by atoms with Crippen molar-refractivity contribution in [2.45, 2.75) is 26.2 Å². The van der Waals surface area contributed by atoms with Gasteiger partial charge >= 0.3 is 0 Å². The molecule has 10 aromatic rings. The fourth-order valence-electron chi connectivity index (χ4n) is 7.93. The van der Waals surface area contributed by atoms with Crippen molar-refractivity contribution in [3.63, 3.8) is 0 Å². The number of imidazole rings is 1. The summed E-state index contributed by atoms with van der Waals surface area (Å²) in [6, 6.07) is 59.5. The second-order valence-electron chi connectivity index (χ2n) is 15.5. The van der Waals surface area contributed by atoms with Gasteiger partial charge in [0.05, 0.1) is 22.3 Å².